The fraction of sp³-hybridized carbons (Fsp3) is 0.250. The molecule has 2 rings (SSSR count). The van der Waals surface area contributed by atoms with Crippen molar-refractivity contribution in [3.8, 4) is 0 Å². The highest BCUT2D eigenvalue weighted by Crippen LogP contribution is 2.28. The van der Waals surface area contributed by atoms with Gasteiger partial charge in [0.25, 0.3) is 10.0 Å². The van der Waals surface area contributed by atoms with Gasteiger partial charge in [-0.2, -0.15) is 0 Å². The van der Waals surface area contributed by atoms with Gasteiger partial charge >= 0.3 is 0 Å². The van der Waals surface area contributed by atoms with E-state index >= 15 is 0 Å². The van der Waals surface area contributed by atoms with Gasteiger partial charge < -0.3 is 0 Å². The smallest absolute Gasteiger partial charge is 0.261 e. The van der Waals surface area contributed by atoms with Crippen LogP contribution >= 0.6 is 11.6 Å². The van der Waals surface area contributed by atoms with Crippen LogP contribution in [0.2, 0.25) is 5.02 Å². The Bertz CT molecular complexity index is 711. The molecule has 1 N–H and O–H groups in total. The summed E-state index contributed by atoms with van der Waals surface area (Å²) >= 11 is 5.79. The highest BCUT2D eigenvalue weighted by molar-refractivity contribution is 7.92. The lowest BCUT2D eigenvalue weighted by atomic mass is 9.97. The fourth-order valence-corrected chi connectivity index (χ4v) is 3.27. The molecule has 0 saturated heterocycles. The second-order valence-electron chi connectivity index (χ2n) is 4.96. The van der Waals surface area contributed by atoms with Gasteiger partial charge in [-0.05, 0) is 48.2 Å². The van der Waals surface area contributed by atoms with Crippen molar-refractivity contribution >= 4 is 27.3 Å². The summed E-state index contributed by atoms with van der Waals surface area (Å²) < 4.78 is 27.5. The van der Waals surface area contributed by atoms with Crippen LogP contribution in [-0.2, 0) is 10.0 Å². The Morgan fingerprint density at radius 3 is 2.33 bits per heavy atom. The zero-order valence-corrected chi connectivity index (χ0v) is 13.6. The van der Waals surface area contributed by atoms with Crippen molar-refractivity contribution in [3.63, 3.8) is 0 Å². The summed E-state index contributed by atoms with van der Waals surface area (Å²) in [5.41, 5.74) is 1.62. The highest BCUT2D eigenvalue weighted by Gasteiger charge is 2.17. The lowest BCUT2D eigenvalue weighted by molar-refractivity contribution is 0.601. The molecule has 2 aromatic carbocycles. The number of nitrogens with one attached hydrogen (secondary N) is 1. The van der Waals surface area contributed by atoms with Gasteiger partial charge in [0.05, 0.1) is 10.6 Å². The van der Waals surface area contributed by atoms with Crippen molar-refractivity contribution in [3.05, 3.63) is 59.1 Å². The molecule has 0 bridgehead atoms. The van der Waals surface area contributed by atoms with E-state index in [0.29, 0.717) is 10.7 Å². The van der Waals surface area contributed by atoms with Gasteiger partial charge in [-0.1, -0.05) is 43.6 Å². The molecule has 1 atom stereocenters. The number of benzene rings is 2. The molecule has 0 saturated carbocycles. The van der Waals surface area contributed by atoms with Crippen molar-refractivity contribution < 1.29 is 8.42 Å². The normalized spacial score (nSPS) is 12.9. The Balaban J connectivity index is 2.35. The second kappa shape index (κ2) is 6.50. The molecule has 0 radical (unpaired) electrons. The minimum Gasteiger partial charge on any atom is -0.279 e. The van der Waals surface area contributed by atoms with Crippen molar-refractivity contribution in [1.82, 2.24) is 0 Å². The first-order valence-electron chi connectivity index (χ1n) is 6.81. The first-order chi connectivity index (χ1) is 9.94. The summed E-state index contributed by atoms with van der Waals surface area (Å²) in [4.78, 5) is 0.200. The van der Waals surface area contributed by atoms with Gasteiger partial charge in [-0.3, -0.25) is 4.72 Å². The van der Waals surface area contributed by atoms with Crippen LogP contribution in [0, 0.1) is 0 Å². The van der Waals surface area contributed by atoms with Gasteiger partial charge in [-0.15, -0.1) is 0 Å². The van der Waals surface area contributed by atoms with Crippen molar-refractivity contribution in [2.45, 2.75) is 31.1 Å². The molecule has 21 heavy (non-hydrogen) atoms. The molecule has 2 aromatic rings. The lowest BCUT2D eigenvalue weighted by Crippen LogP contribution is -2.14. The van der Waals surface area contributed by atoms with E-state index in [9.17, 15) is 8.42 Å². The van der Waals surface area contributed by atoms with E-state index in [1.165, 1.54) is 12.1 Å². The Kier molecular flexibility index (Phi) is 4.91. The third kappa shape index (κ3) is 3.77. The number of anilines is 1. The Labute approximate surface area is 131 Å². The third-order valence-corrected chi connectivity index (χ3v) is 5.11. The number of sulfonamides is 1. The molecule has 0 amide bonds. The number of hydrogen-bond donors (Lipinski definition) is 1. The number of halogens is 1. The maximum atomic E-state index is 12.4. The van der Waals surface area contributed by atoms with Crippen LogP contribution in [0.3, 0.4) is 0 Å². The topological polar surface area (TPSA) is 46.2 Å². The highest BCUT2D eigenvalue weighted by atomic mass is 35.5. The molecular weight excluding hydrogens is 306 g/mol. The molecule has 0 unspecified atom stereocenters. The largest absolute Gasteiger partial charge is 0.279 e. The molecule has 3 nitrogen and oxygen atoms in total. The minimum atomic E-state index is -3.60. The molecule has 0 heterocycles. The average Bonchev–Trinajstić information content (AvgIpc) is 2.47. The predicted octanol–water partition coefficient (Wildman–Crippen LogP) is 4.65. The van der Waals surface area contributed by atoms with Crippen LogP contribution in [0.5, 0.6) is 0 Å². The average molecular weight is 324 g/mol. The molecule has 0 aliphatic rings. The van der Waals surface area contributed by atoms with E-state index in [0.717, 1.165) is 12.0 Å². The standard InChI is InChI=1S/C16H18ClNO2S/c1-3-12(2)15-6-4-5-7-16(15)18-21(19,20)14-10-8-13(17)9-11-14/h4-12,18H,3H2,1-2H3/t12-/m1/s1. The Hall–Kier alpha value is -1.52. The number of hydrogen-bond acceptors (Lipinski definition) is 2. The van der Waals surface area contributed by atoms with Crippen LogP contribution < -0.4 is 4.72 Å². The van der Waals surface area contributed by atoms with Crippen LogP contribution in [-0.4, -0.2) is 8.42 Å². The van der Waals surface area contributed by atoms with Crippen LogP contribution in [0.15, 0.2) is 53.4 Å². The molecule has 0 aromatic heterocycles. The van der Waals surface area contributed by atoms with E-state index in [1.807, 2.05) is 18.2 Å². The second-order valence-corrected chi connectivity index (χ2v) is 7.07. The predicted molar refractivity (Wildman–Crippen MR) is 87.4 cm³/mol. The molecule has 0 aliphatic carbocycles. The summed E-state index contributed by atoms with van der Waals surface area (Å²) in [6.45, 7) is 4.16. The molecule has 5 heteroatoms. The van der Waals surface area contributed by atoms with E-state index in [1.54, 1.807) is 18.2 Å². The third-order valence-electron chi connectivity index (χ3n) is 3.47. The van der Waals surface area contributed by atoms with Crippen LogP contribution in [0.4, 0.5) is 5.69 Å². The zero-order chi connectivity index (χ0) is 15.5. The monoisotopic (exact) mass is 323 g/mol. The molecule has 0 aliphatic heterocycles. The Morgan fingerprint density at radius 1 is 1.10 bits per heavy atom. The summed E-state index contributed by atoms with van der Waals surface area (Å²) in [5, 5.41) is 0.508. The quantitative estimate of drug-likeness (QED) is 0.870. The first-order valence-corrected chi connectivity index (χ1v) is 8.67. The van der Waals surface area contributed by atoms with E-state index in [-0.39, 0.29) is 10.8 Å². The van der Waals surface area contributed by atoms with E-state index in [2.05, 4.69) is 18.6 Å². The molecule has 112 valence electrons. The molecular formula is C16H18ClNO2S. The summed E-state index contributed by atoms with van der Waals surface area (Å²) in [7, 11) is -3.60. The maximum absolute atomic E-state index is 12.4. The van der Waals surface area contributed by atoms with E-state index in [4.69, 9.17) is 11.6 Å². The number of para-hydroxylation sites is 1. The summed E-state index contributed by atoms with van der Waals surface area (Å²) in [6.07, 6.45) is 0.944. The van der Waals surface area contributed by atoms with Gasteiger partial charge in [0, 0.05) is 5.02 Å². The molecule has 0 spiro atoms. The summed E-state index contributed by atoms with van der Waals surface area (Å²) in [5.74, 6) is 0.286. The van der Waals surface area contributed by atoms with Crippen LogP contribution in [0.25, 0.3) is 0 Å². The first kappa shape index (κ1) is 15.9. The fourth-order valence-electron chi connectivity index (χ4n) is 2.06. The molecule has 0 fully saturated rings. The van der Waals surface area contributed by atoms with Gasteiger partial charge in [0.2, 0.25) is 0 Å². The van der Waals surface area contributed by atoms with Crippen molar-refractivity contribution in [2.24, 2.45) is 0 Å². The summed E-state index contributed by atoms with van der Waals surface area (Å²) in [6, 6.07) is 13.6. The lowest BCUT2D eigenvalue weighted by Gasteiger charge is -2.16. The maximum Gasteiger partial charge on any atom is 0.261 e. The SMILES string of the molecule is CC[C@@H](C)c1ccccc1NS(=O)(=O)c1ccc(Cl)cc1. The van der Waals surface area contributed by atoms with Gasteiger partial charge in [0.15, 0.2) is 0 Å². The zero-order valence-electron chi connectivity index (χ0n) is 12.0. The minimum absolute atomic E-state index is 0.200. The number of rotatable bonds is 5. The van der Waals surface area contributed by atoms with Gasteiger partial charge in [-0.25, -0.2) is 8.42 Å². The Morgan fingerprint density at radius 2 is 1.71 bits per heavy atom. The van der Waals surface area contributed by atoms with Crippen LogP contribution in [0.1, 0.15) is 31.7 Å². The van der Waals surface area contributed by atoms with Crippen molar-refractivity contribution in [2.75, 3.05) is 4.72 Å². The van der Waals surface area contributed by atoms with Gasteiger partial charge in [0.1, 0.15) is 0 Å². The van der Waals surface area contributed by atoms with Crippen molar-refractivity contribution in [1.29, 1.82) is 0 Å². The van der Waals surface area contributed by atoms with E-state index < -0.39 is 10.0 Å².